The minimum absolute atomic E-state index is 0.0547. The zero-order chi connectivity index (χ0) is 14.9. The highest BCUT2D eigenvalue weighted by Crippen LogP contribution is 2.33. The molecule has 2 aromatic rings. The minimum atomic E-state index is -0.995. The third-order valence-corrected chi connectivity index (χ3v) is 3.85. The van der Waals surface area contributed by atoms with Gasteiger partial charge in [-0.25, -0.2) is 17.6 Å². The van der Waals surface area contributed by atoms with Crippen LogP contribution in [0.5, 0.6) is 0 Å². The molecule has 2 rings (SSSR count). The van der Waals surface area contributed by atoms with Crippen LogP contribution in [0, 0.1) is 30.2 Å². The molecule has 5 heteroatoms. The Labute approximate surface area is 122 Å². The molecule has 0 nitrogen and oxygen atoms in total. The van der Waals surface area contributed by atoms with E-state index in [2.05, 4.69) is 15.9 Å². The second kappa shape index (κ2) is 5.95. The fourth-order valence-electron chi connectivity index (χ4n) is 1.97. The average Bonchev–Trinajstić information content (AvgIpc) is 2.40. The Kier molecular flexibility index (Phi) is 4.48. The highest BCUT2D eigenvalue weighted by Gasteiger charge is 2.21. The lowest BCUT2D eigenvalue weighted by Gasteiger charge is -2.14. The predicted octanol–water partition coefficient (Wildman–Crippen LogP) is 5.23. The second-order valence-electron chi connectivity index (χ2n) is 4.48. The summed E-state index contributed by atoms with van der Waals surface area (Å²) in [4.78, 5) is -0.779. The normalized spacial score (nSPS) is 12.5. The van der Waals surface area contributed by atoms with Crippen LogP contribution in [-0.4, -0.2) is 0 Å². The van der Waals surface area contributed by atoms with Gasteiger partial charge in [0, 0.05) is 10.4 Å². The van der Waals surface area contributed by atoms with Gasteiger partial charge in [0.2, 0.25) is 0 Å². The number of hydrogen-bond acceptors (Lipinski definition) is 0. The van der Waals surface area contributed by atoms with Crippen LogP contribution < -0.4 is 0 Å². The topological polar surface area (TPSA) is 0 Å². The van der Waals surface area contributed by atoms with E-state index < -0.39 is 28.1 Å². The molecule has 0 amide bonds. The van der Waals surface area contributed by atoms with E-state index in [1.165, 1.54) is 25.1 Å². The fraction of sp³-hybridized carbons (Fsp3) is 0.200. The molecule has 0 spiro atoms. The second-order valence-corrected chi connectivity index (χ2v) is 5.58. The van der Waals surface area contributed by atoms with Crippen LogP contribution in [0.2, 0.25) is 0 Å². The van der Waals surface area contributed by atoms with Crippen LogP contribution in [0.25, 0.3) is 0 Å². The van der Waals surface area contributed by atoms with Crippen molar-refractivity contribution >= 4 is 15.9 Å². The molecule has 20 heavy (non-hydrogen) atoms. The number of aryl methyl sites for hydroxylation is 1. The predicted molar refractivity (Wildman–Crippen MR) is 72.8 cm³/mol. The maximum atomic E-state index is 14.0. The monoisotopic (exact) mass is 346 g/mol. The van der Waals surface area contributed by atoms with Gasteiger partial charge in [-0.2, -0.15) is 0 Å². The highest BCUT2D eigenvalue weighted by molar-refractivity contribution is 9.09. The lowest BCUT2D eigenvalue weighted by molar-refractivity contribution is 0.496. The number of rotatable bonds is 3. The Morgan fingerprint density at radius 1 is 0.950 bits per heavy atom. The van der Waals surface area contributed by atoms with Gasteiger partial charge in [-0.15, -0.1) is 0 Å². The van der Waals surface area contributed by atoms with Gasteiger partial charge in [-0.05, 0) is 36.6 Å². The van der Waals surface area contributed by atoms with Gasteiger partial charge in [-0.1, -0.05) is 34.1 Å². The van der Waals surface area contributed by atoms with Crippen molar-refractivity contribution in [2.24, 2.45) is 0 Å². The summed E-state index contributed by atoms with van der Waals surface area (Å²) >= 11 is 3.15. The lowest BCUT2D eigenvalue weighted by Crippen LogP contribution is -2.05. The van der Waals surface area contributed by atoms with Crippen LogP contribution in [0.4, 0.5) is 17.6 Å². The van der Waals surface area contributed by atoms with Crippen LogP contribution >= 0.6 is 15.9 Å². The lowest BCUT2D eigenvalue weighted by atomic mass is 10.0. The molecule has 0 bridgehead atoms. The van der Waals surface area contributed by atoms with Gasteiger partial charge in [0.15, 0.2) is 11.6 Å². The molecule has 0 fully saturated rings. The Balaban J connectivity index is 2.36. The number of halogens is 5. The third-order valence-electron chi connectivity index (χ3n) is 3.06. The summed E-state index contributed by atoms with van der Waals surface area (Å²) in [6, 6.07) is 6.23. The van der Waals surface area contributed by atoms with E-state index in [-0.39, 0.29) is 17.5 Å². The number of hydrogen-bond donors (Lipinski definition) is 0. The van der Waals surface area contributed by atoms with Crippen molar-refractivity contribution in [1.82, 2.24) is 0 Å². The van der Waals surface area contributed by atoms with Crippen molar-refractivity contribution in [3.63, 3.8) is 0 Å². The van der Waals surface area contributed by atoms with Crippen molar-refractivity contribution in [2.75, 3.05) is 0 Å². The minimum Gasteiger partial charge on any atom is -0.207 e. The van der Waals surface area contributed by atoms with Crippen molar-refractivity contribution < 1.29 is 17.6 Å². The molecule has 2 aromatic carbocycles. The summed E-state index contributed by atoms with van der Waals surface area (Å²) < 4.78 is 54.4. The van der Waals surface area contributed by atoms with Gasteiger partial charge >= 0.3 is 0 Å². The zero-order valence-electron chi connectivity index (χ0n) is 10.6. The van der Waals surface area contributed by atoms with E-state index in [1.54, 1.807) is 0 Å². The van der Waals surface area contributed by atoms with Gasteiger partial charge in [0.1, 0.15) is 11.6 Å². The maximum absolute atomic E-state index is 14.0. The molecule has 0 aliphatic carbocycles. The molecule has 0 heterocycles. The molecule has 1 atom stereocenters. The number of alkyl halides is 1. The van der Waals surface area contributed by atoms with Crippen LogP contribution in [-0.2, 0) is 6.42 Å². The third kappa shape index (κ3) is 2.87. The van der Waals surface area contributed by atoms with Crippen LogP contribution in [0.1, 0.15) is 21.5 Å². The summed E-state index contributed by atoms with van der Waals surface area (Å²) in [7, 11) is 0. The Morgan fingerprint density at radius 3 is 2.35 bits per heavy atom. The first-order valence-electron chi connectivity index (χ1n) is 5.93. The molecule has 106 valence electrons. The molecule has 0 N–H and O–H groups in total. The molecule has 0 aromatic heterocycles. The van der Waals surface area contributed by atoms with Crippen LogP contribution in [0.15, 0.2) is 30.3 Å². The summed E-state index contributed by atoms with van der Waals surface area (Å²) in [5, 5.41) is 0. The largest absolute Gasteiger partial charge is 0.207 e. The van der Waals surface area contributed by atoms with Crippen LogP contribution in [0.3, 0.4) is 0 Å². The first kappa shape index (κ1) is 15.0. The highest BCUT2D eigenvalue weighted by atomic mass is 79.9. The summed E-state index contributed by atoms with van der Waals surface area (Å²) in [5.74, 6) is -3.37. The Hall–Kier alpha value is -1.36. The first-order valence-corrected chi connectivity index (χ1v) is 6.84. The first-order chi connectivity index (χ1) is 9.41. The van der Waals surface area contributed by atoms with Crippen molar-refractivity contribution in [3.05, 3.63) is 70.3 Å². The maximum Gasteiger partial charge on any atom is 0.162 e. The van der Waals surface area contributed by atoms with Crippen molar-refractivity contribution in [3.8, 4) is 0 Å². The Bertz CT molecular complexity index is 640. The molecule has 0 saturated heterocycles. The summed E-state index contributed by atoms with van der Waals surface area (Å²) in [5.41, 5.74) is 0.186. The molecule has 0 saturated carbocycles. The van der Waals surface area contributed by atoms with Gasteiger partial charge in [0.25, 0.3) is 0 Å². The van der Waals surface area contributed by atoms with E-state index in [9.17, 15) is 17.6 Å². The molecular formula is C15H11BrF4. The Morgan fingerprint density at radius 2 is 1.65 bits per heavy atom. The van der Waals surface area contributed by atoms with E-state index in [4.69, 9.17) is 0 Å². The average molecular weight is 347 g/mol. The van der Waals surface area contributed by atoms with E-state index >= 15 is 0 Å². The molecular weight excluding hydrogens is 336 g/mol. The van der Waals surface area contributed by atoms with E-state index in [0.717, 1.165) is 12.1 Å². The molecule has 0 aliphatic heterocycles. The smallest absolute Gasteiger partial charge is 0.162 e. The quantitative estimate of drug-likeness (QED) is 0.527. The van der Waals surface area contributed by atoms with Gasteiger partial charge in [-0.3, -0.25) is 0 Å². The summed E-state index contributed by atoms with van der Waals surface area (Å²) in [6.07, 6.45) is -0.0547. The molecule has 1 unspecified atom stereocenters. The fourth-order valence-corrected chi connectivity index (χ4v) is 2.74. The van der Waals surface area contributed by atoms with Crippen molar-refractivity contribution in [2.45, 2.75) is 18.2 Å². The van der Waals surface area contributed by atoms with Crippen molar-refractivity contribution in [1.29, 1.82) is 0 Å². The SMILES string of the molecule is Cc1ccc(F)c(C(Br)Cc2cccc(F)c2F)c1F. The summed E-state index contributed by atoms with van der Waals surface area (Å²) in [6.45, 7) is 1.51. The standard InChI is InChI=1S/C15H11BrF4/c1-8-5-6-11(17)13(14(8)19)10(16)7-9-3-2-4-12(18)15(9)20/h2-6,10H,7H2,1H3. The van der Waals surface area contributed by atoms with Gasteiger partial charge in [0.05, 0.1) is 0 Å². The molecule has 0 aliphatic rings. The van der Waals surface area contributed by atoms with E-state index in [0.29, 0.717) is 5.56 Å². The zero-order valence-corrected chi connectivity index (χ0v) is 12.1. The molecule has 0 radical (unpaired) electrons. The number of benzene rings is 2. The van der Waals surface area contributed by atoms with E-state index in [1.807, 2.05) is 0 Å². The van der Waals surface area contributed by atoms with Gasteiger partial charge < -0.3 is 0 Å².